The van der Waals surface area contributed by atoms with Crippen LogP contribution in [0.25, 0.3) is 10.9 Å². The standard InChI is InChI=1S/C19H14F3N3O/c20-19(21,22)12-26-15-7-5-13(6-8-15)10-25-18-14(9-23)11-24-17-4-2-1-3-16(17)18/h1-8,11H,10,12H2,(H,24,25). The van der Waals surface area contributed by atoms with Gasteiger partial charge in [-0.1, -0.05) is 30.3 Å². The molecule has 132 valence electrons. The largest absolute Gasteiger partial charge is 0.484 e. The Labute approximate surface area is 147 Å². The van der Waals surface area contributed by atoms with Gasteiger partial charge >= 0.3 is 6.18 Å². The highest BCUT2D eigenvalue weighted by Crippen LogP contribution is 2.26. The summed E-state index contributed by atoms with van der Waals surface area (Å²) >= 11 is 0. The lowest BCUT2D eigenvalue weighted by Crippen LogP contribution is -2.19. The number of alkyl halides is 3. The van der Waals surface area contributed by atoms with Crippen molar-refractivity contribution in [2.45, 2.75) is 12.7 Å². The summed E-state index contributed by atoms with van der Waals surface area (Å²) in [6, 6.07) is 15.9. The van der Waals surface area contributed by atoms with Crippen LogP contribution in [0.2, 0.25) is 0 Å². The molecule has 3 rings (SSSR count). The van der Waals surface area contributed by atoms with Crippen molar-refractivity contribution in [2.75, 3.05) is 11.9 Å². The first-order chi connectivity index (χ1) is 12.5. The molecule has 7 heteroatoms. The van der Waals surface area contributed by atoms with Gasteiger partial charge in [-0.05, 0) is 23.8 Å². The lowest BCUT2D eigenvalue weighted by molar-refractivity contribution is -0.153. The van der Waals surface area contributed by atoms with Crippen molar-refractivity contribution < 1.29 is 17.9 Å². The molecule has 1 aromatic heterocycles. The second-order valence-corrected chi connectivity index (χ2v) is 5.58. The van der Waals surface area contributed by atoms with Gasteiger partial charge in [0.15, 0.2) is 6.61 Å². The molecule has 0 aliphatic carbocycles. The van der Waals surface area contributed by atoms with Crippen LogP contribution in [0, 0.1) is 11.3 Å². The summed E-state index contributed by atoms with van der Waals surface area (Å²) < 4.78 is 41.2. The molecule has 2 aromatic carbocycles. The zero-order valence-electron chi connectivity index (χ0n) is 13.5. The molecule has 0 bridgehead atoms. The Morgan fingerprint density at radius 3 is 2.50 bits per heavy atom. The van der Waals surface area contributed by atoms with E-state index in [0.29, 0.717) is 17.8 Å². The molecule has 4 nitrogen and oxygen atoms in total. The first-order valence-electron chi connectivity index (χ1n) is 7.76. The molecule has 0 saturated heterocycles. The average Bonchev–Trinajstić information content (AvgIpc) is 2.64. The van der Waals surface area contributed by atoms with E-state index in [2.05, 4.69) is 21.1 Å². The third-order valence-electron chi connectivity index (χ3n) is 3.69. The van der Waals surface area contributed by atoms with Crippen LogP contribution in [0.4, 0.5) is 18.9 Å². The summed E-state index contributed by atoms with van der Waals surface area (Å²) in [7, 11) is 0. The van der Waals surface area contributed by atoms with Gasteiger partial charge in [0.25, 0.3) is 0 Å². The van der Waals surface area contributed by atoms with E-state index in [9.17, 15) is 18.4 Å². The summed E-state index contributed by atoms with van der Waals surface area (Å²) in [6.45, 7) is -0.915. The van der Waals surface area contributed by atoms with Gasteiger partial charge in [0.05, 0.1) is 16.8 Å². The van der Waals surface area contributed by atoms with Gasteiger partial charge in [0, 0.05) is 18.1 Å². The third kappa shape index (κ3) is 4.22. The fourth-order valence-electron chi connectivity index (χ4n) is 2.48. The highest BCUT2D eigenvalue weighted by Gasteiger charge is 2.28. The predicted molar refractivity (Wildman–Crippen MR) is 91.8 cm³/mol. The molecular weight excluding hydrogens is 343 g/mol. The second kappa shape index (κ2) is 7.31. The zero-order valence-corrected chi connectivity index (χ0v) is 13.5. The Morgan fingerprint density at radius 2 is 1.81 bits per heavy atom. The van der Waals surface area contributed by atoms with Crippen molar-refractivity contribution >= 4 is 16.6 Å². The highest BCUT2D eigenvalue weighted by molar-refractivity contribution is 5.93. The fourth-order valence-corrected chi connectivity index (χ4v) is 2.48. The van der Waals surface area contributed by atoms with Gasteiger partial charge in [0.2, 0.25) is 0 Å². The SMILES string of the molecule is N#Cc1cnc2ccccc2c1NCc1ccc(OCC(F)(F)F)cc1. The van der Waals surface area contributed by atoms with Crippen LogP contribution in [-0.2, 0) is 6.54 Å². The molecule has 3 aromatic rings. The second-order valence-electron chi connectivity index (χ2n) is 5.58. The molecule has 0 spiro atoms. The van der Waals surface area contributed by atoms with Gasteiger partial charge in [-0.15, -0.1) is 0 Å². The molecule has 0 fully saturated rings. The first-order valence-corrected chi connectivity index (χ1v) is 7.76. The number of pyridine rings is 1. The predicted octanol–water partition coefficient (Wildman–Crippen LogP) is 4.66. The topological polar surface area (TPSA) is 57.9 Å². The first kappa shape index (κ1) is 17.5. The van der Waals surface area contributed by atoms with E-state index in [1.807, 2.05) is 24.3 Å². The molecule has 1 heterocycles. The Balaban J connectivity index is 1.73. The smallest absolute Gasteiger partial charge is 0.422 e. The highest BCUT2D eigenvalue weighted by atomic mass is 19.4. The van der Waals surface area contributed by atoms with Gasteiger partial charge in [-0.3, -0.25) is 4.98 Å². The monoisotopic (exact) mass is 357 g/mol. The lowest BCUT2D eigenvalue weighted by Gasteiger charge is -2.12. The molecule has 0 amide bonds. The molecular formula is C19H14F3N3O. The van der Waals surface area contributed by atoms with Crippen molar-refractivity contribution in [3.63, 3.8) is 0 Å². The minimum absolute atomic E-state index is 0.151. The number of para-hydroxylation sites is 1. The maximum atomic E-state index is 12.2. The molecule has 0 atom stereocenters. The molecule has 0 radical (unpaired) electrons. The van der Waals surface area contributed by atoms with E-state index in [4.69, 9.17) is 0 Å². The maximum Gasteiger partial charge on any atom is 0.422 e. The Hall–Kier alpha value is -3.27. The van der Waals surface area contributed by atoms with Crippen LogP contribution in [-0.4, -0.2) is 17.8 Å². The van der Waals surface area contributed by atoms with Crippen molar-refractivity contribution in [3.8, 4) is 11.8 Å². The number of anilines is 1. The number of hydrogen-bond acceptors (Lipinski definition) is 4. The quantitative estimate of drug-likeness (QED) is 0.722. The third-order valence-corrected chi connectivity index (χ3v) is 3.69. The molecule has 26 heavy (non-hydrogen) atoms. The van der Waals surface area contributed by atoms with E-state index in [1.165, 1.54) is 18.3 Å². The molecule has 0 aliphatic heterocycles. The van der Waals surface area contributed by atoms with E-state index >= 15 is 0 Å². The normalized spacial score (nSPS) is 11.2. The number of rotatable bonds is 5. The van der Waals surface area contributed by atoms with Crippen LogP contribution in [0.15, 0.2) is 54.7 Å². The van der Waals surface area contributed by atoms with Gasteiger partial charge in [-0.2, -0.15) is 18.4 Å². The molecule has 0 aliphatic rings. The number of aromatic nitrogens is 1. The lowest BCUT2D eigenvalue weighted by atomic mass is 10.1. The maximum absolute atomic E-state index is 12.2. The van der Waals surface area contributed by atoms with Gasteiger partial charge in [0.1, 0.15) is 11.8 Å². The summed E-state index contributed by atoms with van der Waals surface area (Å²) in [6.07, 6.45) is -2.85. The number of nitrogens with one attached hydrogen (secondary N) is 1. The number of nitriles is 1. The van der Waals surface area contributed by atoms with Crippen molar-refractivity contribution in [2.24, 2.45) is 0 Å². The number of hydrogen-bond donors (Lipinski definition) is 1. The van der Waals surface area contributed by atoms with E-state index in [1.54, 1.807) is 12.1 Å². The summed E-state index contributed by atoms with van der Waals surface area (Å²) in [4.78, 5) is 4.25. The summed E-state index contributed by atoms with van der Waals surface area (Å²) in [5.74, 6) is 0.151. The Kier molecular flexibility index (Phi) is 4.94. The van der Waals surface area contributed by atoms with Gasteiger partial charge in [-0.25, -0.2) is 0 Å². The molecule has 1 N–H and O–H groups in total. The van der Waals surface area contributed by atoms with Crippen LogP contribution < -0.4 is 10.1 Å². The number of halogens is 3. The van der Waals surface area contributed by atoms with Crippen LogP contribution in [0.1, 0.15) is 11.1 Å². The number of fused-ring (bicyclic) bond motifs is 1. The van der Waals surface area contributed by atoms with E-state index < -0.39 is 12.8 Å². The van der Waals surface area contributed by atoms with E-state index in [0.717, 1.165) is 16.5 Å². The minimum Gasteiger partial charge on any atom is -0.484 e. The van der Waals surface area contributed by atoms with Crippen molar-refractivity contribution in [1.82, 2.24) is 4.98 Å². The van der Waals surface area contributed by atoms with Crippen molar-refractivity contribution in [3.05, 3.63) is 65.9 Å². The Morgan fingerprint density at radius 1 is 1.08 bits per heavy atom. The van der Waals surface area contributed by atoms with Gasteiger partial charge < -0.3 is 10.1 Å². The zero-order chi connectivity index (χ0) is 18.6. The van der Waals surface area contributed by atoms with E-state index in [-0.39, 0.29) is 5.75 Å². The summed E-state index contributed by atoms with van der Waals surface area (Å²) in [5.41, 5.74) is 2.71. The van der Waals surface area contributed by atoms with Crippen LogP contribution in [0.3, 0.4) is 0 Å². The number of nitrogens with zero attached hydrogens (tertiary/aromatic N) is 2. The Bertz CT molecular complexity index is 947. The minimum atomic E-state index is -4.36. The molecule has 0 unspecified atom stereocenters. The summed E-state index contributed by atoms with van der Waals surface area (Å²) in [5, 5.41) is 13.3. The number of benzene rings is 2. The average molecular weight is 357 g/mol. The van der Waals surface area contributed by atoms with Crippen LogP contribution in [0.5, 0.6) is 5.75 Å². The van der Waals surface area contributed by atoms with Crippen molar-refractivity contribution in [1.29, 1.82) is 5.26 Å². The number of ether oxygens (including phenoxy) is 1. The molecule has 0 saturated carbocycles. The fraction of sp³-hybridized carbons (Fsp3) is 0.158. The van der Waals surface area contributed by atoms with Crippen LogP contribution >= 0.6 is 0 Å².